The summed E-state index contributed by atoms with van der Waals surface area (Å²) in [4.78, 5) is 18.6. The molecule has 0 aliphatic heterocycles. The normalized spacial score (nSPS) is 11.8. The van der Waals surface area contributed by atoms with Crippen LogP contribution in [0.25, 0.3) is 10.9 Å². The van der Waals surface area contributed by atoms with Gasteiger partial charge in [-0.2, -0.15) is 0 Å². The molecule has 0 saturated heterocycles. The Kier molecular flexibility index (Phi) is 3.39. The fourth-order valence-electron chi connectivity index (χ4n) is 2.33. The lowest BCUT2D eigenvalue weighted by Gasteiger charge is -2.02. The number of H-pyrrole nitrogens is 1. The Morgan fingerprint density at radius 2 is 1.77 bits per heavy atom. The van der Waals surface area contributed by atoms with Crippen LogP contribution < -0.4 is 0 Å². The van der Waals surface area contributed by atoms with Gasteiger partial charge in [0.25, 0.3) is 0 Å². The first-order valence-electron chi connectivity index (χ1n) is 6.75. The largest absolute Gasteiger partial charge is 0.494 e. The topological polar surface area (TPSA) is 85.7 Å². The number of aliphatic carboxylic acids is 1. The van der Waals surface area contributed by atoms with E-state index < -0.39 is 5.97 Å². The van der Waals surface area contributed by atoms with Crippen molar-refractivity contribution < 1.29 is 15.0 Å². The van der Waals surface area contributed by atoms with E-state index in [-0.39, 0.29) is 17.2 Å². The maximum Gasteiger partial charge on any atom is 0.355 e. The summed E-state index contributed by atoms with van der Waals surface area (Å²) < 4.78 is 0. The molecule has 1 heterocycles. The summed E-state index contributed by atoms with van der Waals surface area (Å²) in [6.07, 6.45) is 0. The highest BCUT2D eigenvalue weighted by Gasteiger charge is 2.22. The summed E-state index contributed by atoms with van der Waals surface area (Å²) in [7, 11) is 0. The maximum absolute atomic E-state index is 11.6. The number of carboxylic acid groups (broad SMARTS) is 1. The number of hydrogen-bond acceptors (Lipinski definition) is 3. The van der Waals surface area contributed by atoms with Crippen molar-refractivity contribution in [3.05, 3.63) is 59.7 Å². The Morgan fingerprint density at radius 3 is 2.45 bits per heavy atom. The maximum atomic E-state index is 11.6. The number of carbonyl (C=O) groups is 1. The zero-order chi connectivity index (χ0) is 15.7. The molecule has 0 aliphatic rings. The third-order valence-electron chi connectivity index (χ3n) is 3.40. The van der Waals surface area contributed by atoms with E-state index in [2.05, 4.69) is 9.98 Å². The second kappa shape index (κ2) is 5.37. The van der Waals surface area contributed by atoms with Crippen molar-refractivity contribution in [3.63, 3.8) is 0 Å². The average Bonchev–Trinajstić information content (AvgIpc) is 2.82. The standard InChI is InChI=1S/C17H14N2O3/c1-10-6-8-11(9-7-10)18-15(17(21)22)14-12-4-2-3-5-13(12)19-16(14)20/h2-9,19-20H,1H3,(H,21,22). The Bertz CT molecular complexity index is 877. The number of aromatic hydroxyl groups is 1. The van der Waals surface area contributed by atoms with Gasteiger partial charge in [0.15, 0.2) is 11.6 Å². The zero-order valence-corrected chi connectivity index (χ0v) is 11.9. The average molecular weight is 294 g/mol. The fraction of sp³-hybridized carbons (Fsp3) is 0.0588. The third-order valence-corrected chi connectivity index (χ3v) is 3.40. The van der Waals surface area contributed by atoms with Gasteiger partial charge in [-0.3, -0.25) is 0 Å². The number of hydrogen-bond donors (Lipinski definition) is 3. The summed E-state index contributed by atoms with van der Waals surface area (Å²) in [6.45, 7) is 1.94. The lowest BCUT2D eigenvalue weighted by atomic mass is 10.1. The lowest BCUT2D eigenvalue weighted by Crippen LogP contribution is -2.14. The van der Waals surface area contributed by atoms with Gasteiger partial charge in [0, 0.05) is 10.9 Å². The minimum Gasteiger partial charge on any atom is -0.494 e. The number of aliphatic imine (C=N–C) groups is 1. The zero-order valence-electron chi connectivity index (χ0n) is 11.9. The molecule has 0 unspecified atom stereocenters. The molecule has 22 heavy (non-hydrogen) atoms. The molecule has 3 aromatic rings. The van der Waals surface area contributed by atoms with Crippen molar-refractivity contribution in [1.82, 2.24) is 4.98 Å². The highest BCUT2D eigenvalue weighted by Crippen LogP contribution is 2.29. The van der Waals surface area contributed by atoms with Gasteiger partial charge in [0.1, 0.15) is 0 Å². The summed E-state index contributed by atoms with van der Waals surface area (Å²) in [5.41, 5.74) is 2.24. The molecular weight excluding hydrogens is 280 g/mol. The van der Waals surface area contributed by atoms with Crippen LogP contribution in [0.5, 0.6) is 5.88 Å². The SMILES string of the molecule is Cc1ccc(N=C(C(=O)O)c2c(O)[nH]c3ccccc23)cc1. The quantitative estimate of drug-likeness (QED) is 0.647. The van der Waals surface area contributed by atoms with Crippen LogP contribution in [0, 0.1) is 6.92 Å². The van der Waals surface area contributed by atoms with Crippen molar-refractivity contribution in [1.29, 1.82) is 0 Å². The number of aromatic nitrogens is 1. The first-order valence-corrected chi connectivity index (χ1v) is 6.75. The van der Waals surface area contributed by atoms with Crippen molar-refractivity contribution in [3.8, 4) is 5.88 Å². The Hall–Kier alpha value is -3.08. The molecule has 0 fully saturated rings. The number of benzene rings is 2. The van der Waals surface area contributed by atoms with E-state index in [1.54, 1.807) is 36.4 Å². The van der Waals surface area contributed by atoms with Crippen LogP contribution >= 0.6 is 0 Å². The summed E-state index contributed by atoms with van der Waals surface area (Å²) >= 11 is 0. The number of fused-ring (bicyclic) bond motifs is 1. The molecule has 0 atom stereocenters. The van der Waals surface area contributed by atoms with E-state index in [9.17, 15) is 15.0 Å². The highest BCUT2D eigenvalue weighted by molar-refractivity contribution is 6.46. The Morgan fingerprint density at radius 1 is 1.09 bits per heavy atom. The molecule has 0 radical (unpaired) electrons. The molecule has 2 aromatic carbocycles. The third kappa shape index (κ3) is 2.44. The van der Waals surface area contributed by atoms with Gasteiger partial charge in [-0.25, -0.2) is 9.79 Å². The van der Waals surface area contributed by atoms with E-state index in [0.717, 1.165) is 5.56 Å². The molecule has 0 saturated carbocycles. The molecule has 0 amide bonds. The number of rotatable bonds is 3. The molecule has 3 rings (SSSR count). The van der Waals surface area contributed by atoms with Gasteiger partial charge < -0.3 is 15.2 Å². The van der Waals surface area contributed by atoms with Crippen LogP contribution in [0.3, 0.4) is 0 Å². The lowest BCUT2D eigenvalue weighted by molar-refractivity contribution is -0.129. The van der Waals surface area contributed by atoms with Crippen molar-refractivity contribution in [2.75, 3.05) is 0 Å². The minimum absolute atomic E-state index is 0.196. The first-order chi connectivity index (χ1) is 10.6. The van der Waals surface area contributed by atoms with Crippen LogP contribution in [0.2, 0.25) is 0 Å². The fourth-order valence-corrected chi connectivity index (χ4v) is 2.33. The van der Waals surface area contributed by atoms with Gasteiger partial charge in [-0.05, 0) is 25.1 Å². The molecule has 0 aliphatic carbocycles. The molecule has 0 bridgehead atoms. The molecule has 1 aromatic heterocycles. The second-order valence-corrected chi connectivity index (χ2v) is 5.00. The van der Waals surface area contributed by atoms with Crippen LogP contribution in [-0.2, 0) is 4.79 Å². The van der Waals surface area contributed by atoms with Crippen LogP contribution in [-0.4, -0.2) is 26.9 Å². The van der Waals surface area contributed by atoms with Gasteiger partial charge >= 0.3 is 5.97 Å². The van der Waals surface area contributed by atoms with Crippen LogP contribution in [0.4, 0.5) is 5.69 Å². The second-order valence-electron chi connectivity index (χ2n) is 5.00. The van der Waals surface area contributed by atoms with Gasteiger partial charge in [-0.1, -0.05) is 35.9 Å². The highest BCUT2D eigenvalue weighted by atomic mass is 16.4. The monoisotopic (exact) mass is 294 g/mol. The van der Waals surface area contributed by atoms with Gasteiger partial charge in [0.2, 0.25) is 0 Å². The number of nitrogens with zero attached hydrogens (tertiary/aromatic N) is 1. The number of para-hydroxylation sites is 1. The van der Waals surface area contributed by atoms with Gasteiger partial charge in [0.05, 0.1) is 11.3 Å². The smallest absolute Gasteiger partial charge is 0.355 e. The van der Waals surface area contributed by atoms with Crippen molar-refractivity contribution in [2.24, 2.45) is 4.99 Å². The van der Waals surface area contributed by atoms with Crippen LogP contribution in [0.15, 0.2) is 53.5 Å². The van der Waals surface area contributed by atoms with E-state index in [0.29, 0.717) is 16.6 Å². The summed E-state index contributed by atoms with van der Waals surface area (Å²) in [5.74, 6) is -1.39. The minimum atomic E-state index is -1.19. The first kappa shape index (κ1) is 13.9. The molecule has 0 spiro atoms. The van der Waals surface area contributed by atoms with E-state index in [1.807, 2.05) is 19.1 Å². The predicted molar refractivity (Wildman–Crippen MR) is 85.0 cm³/mol. The van der Waals surface area contributed by atoms with Gasteiger partial charge in [-0.15, -0.1) is 0 Å². The molecule has 110 valence electrons. The molecular formula is C17H14N2O3. The Labute approximate surface area is 126 Å². The molecule has 3 N–H and O–H groups in total. The predicted octanol–water partition coefficient (Wildman–Crippen LogP) is 3.39. The van der Waals surface area contributed by atoms with E-state index in [4.69, 9.17) is 0 Å². The Balaban J connectivity index is 2.21. The van der Waals surface area contributed by atoms with Crippen molar-refractivity contribution in [2.45, 2.75) is 6.92 Å². The summed E-state index contributed by atoms with van der Waals surface area (Å²) in [6, 6.07) is 14.3. The molecule has 5 nitrogen and oxygen atoms in total. The number of aromatic amines is 1. The number of carboxylic acids is 1. The van der Waals surface area contributed by atoms with E-state index >= 15 is 0 Å². The summed E-state index contributed by atoms with van der Waals surface area (Å²) in [5, 5.41) is 20.2. The van der Waals surface area contributed by atoms with E-state index in [1.165, 1.54) is 0 Å². The van der Waals surface area contributed by atoms with Crippen LogP contribution in [0.1, 0.15) is 11.1 Å². The van der Waals surface area contributed by atoms with Crippen molar-refractivity contribution >= 4 is 28.3 Å². The number of nitrogens with one attached hydrogen (secondary N) is 1. The molecule has 5 heteroatoms. The number of aryl methyl sites for hydroxylation is 1.